The van der Waals surface area contributed by atoms with Crippen LogP contribution in [0.25, 0.3) is 0 Å². The molecule has 0 aromatic carbocycles. The average molecular weight is 252 g/mol. The van der Waals surface area contributed by atoms with Crippen molar-refractivity contribution in [1.29, 1.82) is 0 Å². The largest absolute Gasteiger partial charge is 2.00 e. The first-order chi connectivity index (χ1) is 2.41. The van der Waals surface area contributed by atoms with E-state index in [1.54, 1.807) is 6.08 Å². The van der Waals surface area contributed by atoms with E-state index in [0.717, 1.165) is 6.42 Å². The minimum absolute atomic E-state index is 0. The maximum absolute atomic E-state index is 3.55. The SMILES string of the molecule is [CH2-]/C=C\C[CH2-].[W+2]. The van der Waals surface area contributed by atoms with Crippen LogP contribution < -0.4 is 0 Å². The first kappa shape index (κ1) is 9.57. The number of rotatable bonds is 1. The summed E-state index contributed by atoms with van der Waals surface area (Å²) in [6.45, 7) is 7.00. The van der Waals surface area contributed by atoms with Gasteiger partial charge in [-0.2, -0.15) is 0 Å². The van der Waals surface area contributed by atoms with Crippen molar-refractivity contribution in [2.75, 3.05) is 0 Å². The van der Waals surface area contributed by atoms with Crippen LogP contribution in [-0.4, -0.2) is 0 Å². The summed E-state index contributed by atoms with van der Waals surface area (Å²) in [5.74, 6) is 0. The molecule has 0 aliphatic carbocycles. The molecule has 1 heteroatoms. The van der Waals surface area contributed by atoms with Gasteiger partial charge in [-0.3, -0.25) is 6.08 Å². The van der Waals surface area contributed by atoms with E-state index in [1.807, 2.05) is 6.08 Å². The fourth-order valence-corrected chi connectivity index (χ4v) is 0.118. The molecule has 0 amide bonds. The zero-order valence-electron chi connectivity index (χ0n) is 3.68. The normalized spacial score (nSPS) is 8.17. The first-order valence-corrected chi connectivity index (χ1v) is 1.65. The van der Waals surface area contributed by atoms with Crippen LogP contribution in [-0.2, 0) is 21.1 Å². The Balaban J connectivity index is 0. The Morgan fingerprint density at radius 1 is 1.50 bits per heavy atom. The Bertz CT molecular complexity index is 30.9. The second kappa shape index (κ2) is 9.00. The van der Waals surface area contributed by atoms with Crippen LogP contribution >= 0.6 is 0 Å². The Morgan fingerprint density at radius 3 is 2.00 bits per heavy atom. The minimum atomic E-state index is 0. The van der Waals surface area contributed by atoms with E-state index in [0.29, 0.717) is 0 Å². The van der Waals surface area contributed by atoms with Gasteiger partial charge in [-0.25, -0.2) is 19.4 Å². The van der Waals surface area contributed by atoms with Crippen LogP contribution in [0, 0.1) is 13.8 Å². The fourth-order valence-electron chi connectivity index (χ4n) is 0.118. The van der Waals surface area contributed by atoms with Crippen molar-refractivity contribution in [3.05, 3.63) is 26.0 Å². The van der Waals surface area contributed by atoms with E-state index in [1.165, 1.54) is 0 Å². The third kappa shape index (κ3) is 8.85. The molecule has 0 saturated carbocycles. The summed E-state index contributed by atoms with van der Waals surface area (Å²) < 4.78 is 0. The summed E-state index contributed by atoms with van der Waals surface area (Å²) in [6.07, 6.45) is 4.50. The quantitative estimate of drug-likeness (QED) is 0.622. The van der Waals surface area contributed by atoms with Gasteiger partial charge in [-0.05, 0) is 0 Å². The zero-order valence-corrected chi connectivity index (χ0v) is 6.62. The molecule has 0 bridgehead atoms. The summed E-state index contributed by atoms with van der Waals surface area (Å²) in [4.78, 5) is 0. The molecule has 0 atom stereocenters. The second-order valence-electron chi connectivity index (χ2n) is 0.760. The van der Waals surface area contributed by atoms with Crippen LogP contribution in [0.4, 0.5) is 0 Å². The van der Waals surface area contributed by atoms with Gasteiger partial charge in [-0.15, -0.1) is 0 Å². The predicted octanol–water partition coefficient (Wildman–Crippen LogP) is 1.60. The van der Waals surface area contributed by atoms with Crippen LogP contribution in [0.2, 0.25) is 0 Å². The van der Waals surface area contributed by atoms with Crippen molar-refractivity contribution in [1.82, 2.24) is 0 Å². The monoisotopic (exact) mass is 252 g/mol. The maximum Gasteiger partial charge on any atom is 2.00 e. The smallest absolute Gasteiger partial charge is 0.356 e. The van der Waals surface area contributed by atoms with Crippen LogP contribution in [0.5, 0.6) is 0 Å². The Labute approximate surface area is 53.9 Å². The molecular formula is C5H8W. The Hall–Kier alpha value is 0.298. The molecule has 34 valence electrons. The molecule has 0 radical (unpaired) electrons. The first-order valence-electron chi connectivity index (χ1n) is 1.65. The number of hydrogen-bond donors (Lipinski definition) is 0. The zero-order chi connectivity index (χ0) is 4.12. The van der Waals surface area contributed by atoms with E-state index in [2.05, 4.69) is 13.8 Å². The van der Waals surface area contributed by atoms with Gasteiger partial charge in [-0.1, -0.05) is 0 Å². The molecule has 0 rings (SSSR count). The van der Waals surface area contributed by atoms with Crippen molar-refractivity contribution in [2.45, 2.75) is 6.42 Å². The number of allylic oxidation sites excluding steroid dienone is 2. The molecule has 0 aliphatic rings. The van der Waals surface area contributed by atoms with E-state index < -0.39 is 0 Å². The average Bonchev–Trinajstić information content (AvgIpc) is 1.41. The summed E-state index contributed by atoms with van der Waals surface area (Å²) >= 11 is 0. The topological polar surface area (TPSA) is 0 Å². The second-order valence-corrected chi connectivity index (χ2v) is 0.760. The minimum Gasteiger partial charge on any atom is -0.356 e. The van der Waals surface area contributed by atoms with Gasteiger partial charge >= 0.3 is 21.1 Å². The Morgan fingerprint density at radius 2 is 2.00 bits per heavy atom. The van der Waals surface area contributed by atoms with Crippen molar-refractivity contribution < 1.29 is 21.1 Å². The van der Waals surface area contributed by atoms with Gasteiger partial charge in [0.05, 0.1) is 0 Å². The summed E-state index contributed by atoms with van der Waals surface area (Å²) in [5, 5.41) is 0. The predicted molar refractivity (Wildman–Crippen MR) is 24.5 cm³/mol. The summed E-state index contributed by atoms with van der Waals surface area (Å²) in [6, 6.07) is 0. The van der Waals surface area contributed by atoms with E-state index in [-0.39, 0.29) is 21.1 Å². The molecule has 0 aromatic rings. The molecule has 6 heavy (non-hydrogen) atoms. The van der Waals surface area contributed by atoms with Gasteiger partial charge < -0.3 is 6.92 Å². The van der Waals surface area contributed by atoms with Gasteiger partial charge in [0, 0.05) is 0 Å². The molecule has 0 fully saturated rings. The van der Waals surface area contributed by atoms with Crippen molar-refractivity contribution in [3.8, 4) is 0 Å². The molecule has 0 nitrogen and oxygen atoms in total. The third-order valence-electron chi connectivity index (χ3n) is 0.333. The maximum atomic E-state index is 3.55. The summed E-state index contributed by atoms with van der Waals surface area (Å²) in [7, 11) is 0. The molecule has 0 aromatic heterocycles. The van der Waals surface area contributed by atoms with E-state index in [9.17, 15) is 0 Å². The van der Waals surface area contributed by atoms with E-state index in [4.69, 9.17) is 0 Å². The molecule has 0 saturated heterocycles. The van der Waals surface area contributed by atoms with Crippen LogP contribution in [0.1, 0.15) is 6.42 Å². The standard InChI is InChI=1S/C5H8.W/c1-3-5-4-2;/h3,5H,1-2,4H2;/q-2;+2/b5-3-;. The van der Waals surface area contributed by atoms with Crippen molar-refractivity contribution in [2.24, 2.45) is 0 Å². The van der Waals surface area contributed by atoms with Gasteiger partial charge in [0.25, 0.3) is 0 Å². The fraction of sp³-hybridized carbons (Fsp3) is 0.200. The van der Waals surface area contributed by atoms with Gasteiger partial charge in [0.1, 0.15) is 0 Å². The van der Waals surface area contributed by atoms with Crippen molar-refractivity contribution in [3.63, 3.8) is 0 Å². The summed E-state index contributed by atoms with van der Waals surface area (Å²) in [5.41, 5.74) is 0. The van der Waals surface area contributed by atoms with E-state index >= 15 is 0 Å². The van der Waals surface area contributed by atoms with Gasteiger partial charge in [0.15, 0.2) is 0 Å². The van der Waals surface area contributed by atoms with Gasteiger partial charge in [0.2, 0.25) is 0 Å². The molecule has 0 heterocycles. The van der Waals surface area contributed by atoms with Crippen LogP contribution in [0.3, 0.4) is 0 Å². The molecule has 0 spiro atoms. The molecular weight excluding hydrogens is 244 g/mol. The van der Waals surface area contributed by atoms with Crippen LogP contribution in [0.15, 0.2) is 12.2 Å². The third-order valence-corrected chi connectivity index (χ3v) is 0.333. The number of hydrogen-bond acceptors (Lipinski definition) is 0. The molecule has 0 N–H and O–H groups in total. The molecule has 0 unspecified atom stereocenters. The Kier molecular flexibility index (Phi) is 14.4. The molecule has 0 aliphatic heterocycles. The van der Waals surface area contributed by atoms with Crippen molar-refractivity contribution >= 4 is 0 Å².